The Labute approximate surface area is 64.4 Å². The third-order valence-electron chi connectivity index (χ3n) is 0.957. The van der Waals surface area contributed by atoms with Gasteiger partial charge in [0, 0.05) is 26.2 Å². The Morgan fingerprint density at radius 2 is 1.00 bits per heavy atom. The number of hydrogen-bond acceptors (Lipinski definition) is 2. The fourth-order valence-electron chi connectivity index (χ4n) is 0.604. The van der Waals surface area contributed by atoms with Gasteiger partial charge in [0.2, 0.25) is 0 Å². The molecule has 0 amide bonds. The molecule has 0 aromatic rings. The van der Waals surface area contributed by atoms with Crippen molar-refractivity contribution in [2.45, 2.75) is 20.8 Å². The van der Waals surface area contributed by atoms with E-state index in [4.69, 9.17) is 0 Å². The second-order valence-electron chi connectivity index (χ2n) is 3.23. The van der Waals surface area contributed by atoms with Crippen molar-refractivity contribution in [1.82, 2.24) is 10.6 Å². The molecule has 62 valence electrons. The maximum atomic E-state index is 3.22. The number of nitrogens with one attached hydrogen (secondary N) is 2. The molecule has 1 aliphatic rings. The zero-order valence-electron chi connectivity index (χ0n) is 7.41. The Bertz CT molecular complexity index is 44.0. The Hall–Kier alpha value is -0.0800. The van der Waals surface area contributed by atoms with Crippen molar-refractivity contribution in [3.8, 4) is 0 Å². The lowest BCUT2D eigenvalue weighted by atomic mass is 10.3. The molecule has 10 heavy (non-hydrogen) atoms. The molecule has 1 fully saturated rings. The van der Waals surface area contributed by atoms with Gasteiger partial charge in [-0.1, -0.05) is 20.8 Å². The van der Waals surface area contributed by atoms with Gasteiger partial charge in [0.1, 0.15) is 0 Å². The predicted molar refractivity (Wildman–Crippen MR) is 46.3 cm³/mol. The molecular weight excluding hydrogens is 124 g/mol. The Morgan fingerprint density at radius 3 is 1.10 bits per heavy atom. The average Bonchev–Trinajstić information content (AvgIpc) is 1.90. The summed E-state index contributed by atoms with van der Waals surface area (Å²) < 4.78 is 0. The van der Waals surface area contributed by atoms with Crippen molar-refractivity contribution in [2.75, 3.05) is 26.2 Å². The second kappa shape index (κ2) is 7.03. The number of rotatable bonds is 0. The van der Waals surface area contributed by atoms with E-state index in [0.29, 0.717) is 0 Å². The normalized spacial score (nSPS) is 18.0. The van der Waals surface area contributed by atoms with Crippen molar-refractivity contribution >= 4 is 0 Å². The molecule has 2 N–H and O–H groups in total. The fraction of sp³-hybridized carbons (Fsp3) is 1.00. The summed E-state index contributed by atoms with van der Waals surface area (Å²) in [5.41, 5.74) is 0. The summed E-state index contributed by atoms with van der Waals surface area (Å²) in [5.74, 6) is 0.833. The molecule has 0 aromatic heterocycles. The van der Waals surface area contributed by atoms with Gasteiger partial charge in [0.15, 0.2) is 0 Å². The maximum absolute atomic E-state index is 3.22. The van der Waals surface area contributed by atoms with E-state index in [2.05, 4.69) is 31.4 Å². The molecule has 0 aromatic carbocycles. The molecule has 0 atom stereocenters. The topological polar surface area (TPSA) is 24.1 Å². The van der Waals surface area contributed by atoms with Crippen molar-refractivity contribution in [3.05, 3.63) is 0 Å². The van der Waals surface area contributed by atoms with Crippen LogP contribution in [0.1, 0.15) is 20.8 Å². The SMILES string of the molecule is C1CNCCN1.CC(C)C. The minimum atomic E-state index is 0.833. The smallest absolute Gasteiger partial charge is 0.00772 e. The van der Waals surface area contributed by atoms with Gasteiger partial charge in [-0.25, -0.2) is 0 Å². The van der Waals surface area contributed by atoms with Gasteiger partial charge in [-0.15, -0.1) is 0 Å². The molecule has 0 unspecified atom stereocenters. The van der Waals surface area contributed by atoms with E-state index >= 15 is 0 Å². The first-order valence-corrected chi connectivity index (χ1v) is 4.15. The van der Waals surface area contributed by atoms with Gasteiger partial charge >= 0.3 is 0 Å². The minimum absolute atomic E-state index is 0.833. The molecule has 2 nitrogen and oxygen atoms in total. The van der Waals surface area contributed by atoms with Gasteiger partial charge in [0.05, 0.1) is 0 Å². The molecule has 1 rings (SSSR count). The second-order valence-corrected chi connectivity index (χ2v) is 3.23. The van der Waals surface area contributed by atoms with E-state index in [1.807, 2.05) is 0 Å². The molecule has 1 heterocycles. The first-order chi connectivity index (χ1) is 4.73. The Kier molecular flexibility index (Phi) is 6.98. The van der Waals surface area contributed by atoms with Gasteiger partial charge in [0.25, 0.3) is 0 Å². The van der Waals surface area contributed by atoms with E-state index in [1.54, 1.807) is 0 Å². The highest BCUT2D eigenvalue weighted by atomic mass is 15.0. The average molecular weight is 144 g/mol. The highest BCUT2D eigenvalue weighted by molar-refractivity contribution is 4.59. The van der Waals surface area contributed by atoms with Gasteiger partial charge in [-0.2, -0.15) is 0 Å². The van der Waals surface area contributed by atoms with Crippen molar-refractivity contribution in [3.63, 3.8) is 0 Å². The van der Waals surface area contributed by atoms with Crippen LogP contribution in [0.5, 0.6) is 0 Å². The molecule has 2 heteroatoms. The van der Waals surface area contributed by atoms with Crippen LogP contribution in [0.15, 0.2) is 0 Å². The van der Waals surface area contributed by atoms with Crippen LogP contribution in [0, 0.1) is 5.92 Å². The van der Waals surface area contributed by atoms with Crippen LogP contribution < -0.4 is 10.6 Å². The van der Waals surface area contributed by atoms with Crippen LogP contribution in [0.4, 0.5) is 0 Å². The van der Waals surface area contributed by atoms with Crippen molar-refractivity contribution < 1.29 is 0 Å². The highest BCUT2D eigenvalue weighted by Crippen LogP contribution is 1.81. The highest BCUT2D eigenvalue weighted by Gasteiger charge is 1.91. The van der Waals surface area contributed by atoms with Crippen LogP contribution in [0.2, 0.25) is 0 Å². The molecular formula is C8H20N2. The van der Waals surface area contributed by atoms with Crippen molar-refractivity contribution in [1.29, 1.82) is 0 Å². The van der Waals surface area contributed by atoms with Crippen LogP contribution in [0.25, 0.3) is 0 Å². The summed E-state index contributed by atoms with van der Waals surface area (Å²) in [6.45, 7) is 11.1. The van der Waals surface area contributed by atoms with Crippen LogP contribution in [0.3, 0.4) is 0 Å². The standard InChI is InChI=1S/C4H10N2.C4H10/c1-2-6-4-3-5-1;1-4(2)3/h5-6H,1-4H2;4H,1-3H3. The predicted octanol–water partition coefficient (Wildman–Crippen LogP) is 0.841. The third kappa shape index (κ3) is 10.8. The molecule has 0 spiro atoms. The molecule has 0 radical (unpaired) electrons. The lowest BCUT2D eigenvalue weighted by Gasteiger charge is -2.11. The first kappa shape index (κ1) is 9.92. The summed E-state index contributed by atoms with van der Waals surface area (Å²) in [7, 11) is 0. The summed E-state index contributed by atoms with van der Waals surface area (Å²) in [6.07, 6.45) is 0. The lowest BCUT2D eigenvalue weighted by Crippen LogP contribution is -2.39. The fourth-order valence-corrected chi connectivity index (χ4v) is 0.604. The van der Waals surface area contributed by atoms with Gasteiger partial charge < -0.3 is 10.6 Å². The molecule has 1 aliphatic heterocycles. The molecule has 1 saturated heterocycles. The van der Waals surface area contributed by atoms with Gasteiger partial charge in [-0.05, 0) is 5.92 Å². The number of hydrogen-bond donors (Lipinski definition) is 2. The molecule has 0 bridgehead atoms. The van der Waals surface area contributed by atoms with E-state index in [0.717, 1.165) is 32.1 Å². The zero-order valence-corrected chi connectivity index (χ0v) is 7.41. The Balaban J connectivity index is 0.000000180. The summed E-state index contributed by atoms with van der Waals surface area (Å²) in [4.78, 5) is 0. The lowest BCUT2D eigenvalue weighted by molar-refractivity contribution is 0.534. The largest absolute Gasteiger partial charge is 0.314 e. The van der Waals surface area contributed by atoms with E-state index < -0.39 is 0 Å². The third-order valence-corrected chi connectivity index (χ3v) is 0.957. The van der Waals surface area contributed by atoms with Crippen molar-refractivity contribution in [2.24, 2.45) is 5.92 Å². The van der Waals surface area contributed by atoms with E-state index in [-0.39, 0.29) is 0 Å². The van der Waals surface area contributed by atoms with Crippen LogP contribution in [-0.4, -0.2) is 26.2 Å². The van der Waals surface area contributed by atoms with E-state index in [9.17, 15) is 0 Å². The maximum Gasteiger partial charge on any atom is 0.00772 e. The monoisotopic (exact) mass is 144 g/mol. The summed E-state index contributed by atoms with van der Waals surface area (Å²) in [5, 5.41) is 6.44. The Morgan fingerprint density at radius 1 is 0.800 bits per heavy atom. The summed E-state index contributed by atoms with van der Waals surface area (Å²) in [6, 6.07) is 0. The van der Waals surface area contributed by atoms with Gasteiger partial charge in [-0.3, -0.25) is 0 Å². The minimum Gasteiger partial charge on any atom is -0.314 e. The van der Waals surface area contributed by atoms with E-state index in [1.165, 1.54) is 0 Å². The quantitative estimate of drug-likeness (QED) is 0.526. The first-order valence-electron chi connectivity index (χ1n) is 4.15. The summed E-state index contributed by atoms with van der Waals surface area (Å²) >= 11 is 0. The molecule has 0 aliphatic carbocycles. The zero-order chi connectivity index (χ0) is 7.82. The number of piperazine rings is 1. The molecule has 0 saturated carbocycles. The van der Waals surface area contributed by atoms with Crippen LogP contribution in [-0.2, 0) is 0 Å². The van der Waals surface area contributed by atoms with Crippen LogP contribution >= 0.6 is 0 Å².